The first kappa shape index (κ1) is 17.1. The highest BCUT2D eigenvalue weighted by atomic mass is 32.2. The molecule has 0 fully saturated rings. The van der Waals surface area contributed by atoms with E-state index in [9.17, 15) is 8.42 Å². The molecule has 1 rings (SSSR count). The Kier molecular flexibility index (Phi) is 6.61. The highest BCUT2D eigenvalue weighted by molar-refractivity contribution is 7.89. The lowest BCUT2D eigenvalue weighted by Crippen LogP contribution is -2.40. The highest BCUT2D eigenvalue weighted by Crippen LogP contribution is 2.22. The molecule has 0 bridgehead atoms. The van der Waals surface area contributed by atoms with Crippen molar-refractivity contribution in [2.24, 2.45) is 5.73 Å². The highest BCUT2D eigenvalue weighted by Gasteiger charge is 2.29. The van der Waals surface area contributed by atoms with E-state index in [1.807, 2.05) is 13.8 Å². The van der Waals surface area contributed by atoms with Gasteiger partial charge in [-0.15, -0.1) is 0 Å². The van der Waals surface area contributed by atoms with Gasteiger partial charge in [-0.25, -0.2) is 8.42 Å². The molecule has 0 aromatic heterocycles. The predicted molar refractivity (Wildman–Crippen MR) is 79.9 cm³/mol. The monoisotopic (exact) mass is 300 g/mol. The minimum atomic E-state index is -3.55. The lowest BCUT2D eigenvalue weighted by atomic mass is 10.2. The number of benzene rings is 1. The summed E-state index contributed by atoms with van der Waals surface area (Å²) in [6, 6.07) is 6.79. The molecular formula is C14H24N2O3S. The van der Waals surface area contributed by atoms with Crippen LogP contribution in [0.15, 0.2) is 29.2 Å². The molecule has 0 aliphatic rings. The Morgan fingerprint density at radius 2 is 2.00 bits per heavy atom. The number of nitrogens with zero attached hydrogens (tertiary/aromatic N) is 1. The van der Waals surface area contributed by atoms with Crippen LogP contribution in [0.3, 0.4) is 0 Å². The summed E-state index contributed by atoms with van der Waals surface area (Å²) >= 11 is 0. The van der Waals surface area contributed by atoms with E-state index in [1.165, 1.54) is 4.31 Å². The van der Waals surface area contributed by atoms with Gasteiger partial charge in [0.2, 0.25) is 10.0 Å². The number of hydrogen-bond acceptors (Lipinski definition) is 4. The molecule has 0 amide bonds. The molecule has 0 radical (unpaired) electrons. The second kappa shape index (κ2) is 7.73. The lowest BCUT2D eigenvalue weighted by Gasteiger charge is -2.28. The molecule has 0 saturated carbocycles. The maximum atomic E-state index is 12.8. The normalized spacial score (nSPS) is 13.7. The topological polar surface area (TPSA) is 72.6 Å². The van der Waals surface area contributed by atoms with Crippen LogP contribution in [0.4, 0.5) is 0 Å². The molecule has 5 nitrogen and oxygen atoms in total. The number of sulfonamides is 1. The van der Waals surface area contributed by atoms with E-state index in [0.29, 0.717) is 23.6 Å². The second-order valence-electron chi connectivity index (χ2n) is 4.68. The third kappa shape index (κ3) is 3.79. The molecule has 114 valence electrons. The zero-order valence-electron chi connectivity index (χ0n) is 12.4. The zero-order chi connectivity index (χ0) is 15.2. The second-order valence-corrected chi connectivity index (χ2v) is 6.54. The Bertz CT molecular complexity index is 517. The third-order valence-corrected chi connectivity index (χ3v) is 5.49. The van der Waals surface area contributed by atoms with Crippen LogP contribution in [0.5, 0.6) is 0 Å². The summed E-state index contributed by atoms with van der Waals surface area (Å²) in [5.74, 6) is 0. The molecule has 0 saturated heterocycles. The molecule has 20 heavy (non-hydrogen) atoms. The SMILES string of the molecule is CCC(C)N(CCOC)S(=O)(=O)c1ccccc1CN. The van der Waals surface area contributed by atoms with Gasteiger partial charge in [0, 0.05) is 26.2 Å². The Morgan fingerprint density at radius 3 is 2.55 bits per heavy atom. The van der Waals surface area contributed by atoms with Gasteiger partial charge in [0.15, 0.2) is 0 Å². The van der Waals surface area contributed by atoms with Crippen molar-refractivity contribution in [1.29, 1.82) is 0 Å². The summed E-state index contributed by atoms with van der Waals surface area (Å²) in [5.41, 5.74) is 6.29. The average molecular weight is 300 g/mol. The van der Waals surface area contributed by atoms with E-state index in [0.717, 1.165) is 6.42 Å². The Hall–Kier alpha value is -0.950. The van der Waals surface area contributed by atoms with Crippen LogP contribution in [-0.2, 0) is 21.3 Å². The molecule has 1 unspecified atom stereocenters. The van der Waals surface area contributed by atoms with Crippen LogP contribution >= 0.6 is 0 Å². The minimum Gasteiger partial charge on any atom is -0.383 e. The number of ether oxygens (including phenoxy) is 1. The van der Waals surface area contributed by atoms with Crippen LogP contribution in [0.25, 0.3) is 0 Å². The van der Waals surface area contributed by atoms with Gasteiger partial charge in [0.05, 0.1) is 11.5 Å². The van der Waals surface area contributed by atoms with Gasteiger partial charge >= 0.3 is 0 Å². The fourth-order valence-electron chi connectivity index (χ4n) is 2.01. The maximum Gasteiger partial charge on any atom is 0.243 e. The first-order chi connectivity index (χ1) is 9.48. The molecule has 0 aliphatic carbocycles. The van der Waals surface area contributed by atoms with Crippen LogP contribution in [0.2, 0.25) is 0 Å². The Morgan fingerprint density at radius 1 is 1.35 bits per heavy atom. The first-order valence-corrected chi connectivity index (χ1v) is 8.21. The largest absolute Gasteiger partial charge is 0.383 e. The molecule has 2 N–H and O–H groups in total. The van der Waals surface area contributed by atoms with E-state index in [-0.39, 0.29) is 12.6 Å². The van der Waals surface area contributed by atoms with Gasteiger partial charge in [0.25, 0.3) is 0 Å². The average Bonchev–Trinajstić information content (AvgIpc) is 2.46. The van der Waals surface area contributed by atoms with Gasteiger partial charge in [0.1, 0.15) is 0 Å². The van der Waals surface area contributed by atoms with Crippen LogP contribution < -0.4 is 5.73 Å². The Balaban J connectivity index is 3.21. The maximum absolute atomic E-state index is 12.8. The quantitative estimate of drug-likeness (QED) is 0.791. The molecule has 1 atom stereocenters. The van der Waals surface area contributed by atoms with Crippen molar-refractivity contribution in [3.05, 3.63) is 29.8 Å². The van der Waals surface area contributed by atoms with E-state index >= 15 is 0 Å². The van der Waals surface area contributed by atoms with Crippen molar-refractivity contribution >= 4 is 10.0 Å². The molecule has 1 aromatic rings. The van der Waals surface area contributed by atoms with Gasteiger partial charge in [-0.2, -0.15) is 4.31 Å². The van der Waals surface area contributed by atoms with Crippen LogP contribution in [-0.4, -0.2) is 39.0 Å². The molecule has 1 aromatic carbocycles. The van der Waals surface area contributed by atoms with E-state index in [2.05, 4.69) is 0 Å². The van der Waals surface area contributed by atoms with E-state index < -0.39 is 10.0 Å². The molecule has 0 heterocycles. The summed E-state index contributed by atoms with van der Waals surface area (Å²) in [5, 5.41) is 0. The standard InChI is InChI=1S/C14H24N2O3S/c1-4-12(2)16(9-10-19-3)20(17,18)14-8-6-5-7-13(14)11-15/h5-8,12H,4,9-11,15H2,1-3H3. The summed E-state index contributed by atoms with van der Waals surface area (Å²) in [7, 11) is -1.99. The van der Waals surface area contributed by atoms with Crippen molar-refractivity contribution in [2.45, 2.75) is 37.8 Å². The first-order valence-electron chi connectivity index (χ1n) is 6.77. The van der Waals surface area contributed by atoms with E-state index in [4.69, 9.17) is 10.5 Å². The van der Waals surface area contributed by atoms with Gasteiger partial charge in [-0.05, 0) is 25.0 Å². The van der Waals surface area contributed by atoms with Crippen molar-refractivity contribution in [3.8, 4) is 0 Å². The van der Waals surface area contributed by atoms with Gasteiger partial charge in [-0.3, -0.25) is 0 Å². The van der Waals surface area contributed by atoms with Crippen LogP contribution in [0.1, 0.15) is 25.8 Å². The number of nitrogens with two attached hydrogens (primary N) is 1. The summed E-state index contributed by atoms with van der Waals surface area (Å²) in [6.07, 6.45) is 0.744. The molecule has 0 aliphatic heterocycles. The Labute approximate surface area is 121 Å². The van der Waals surface area contributed by atoms with Crippen molar-refractivity contribution in [1.82, 2.24) is 4.31 Å². The fourth-order valence-corrected chi connectivity index (χ4v) is 3.94. The van der Waals surface area contributed by atoms with Gasteiger partial charge < -0.3 is 10.5 Å². The van der Waals surface area contributed by atoms with Crippen molar-refractivity contribution < 1.29 is 13.2 Å². The fraction of sp³-hybridized carbons (Fsp3) is 0.571. The zero-order valence-corrected chi connectivity index (χ0v) is 13.2. The third-order valence-electron chi connectivity index (χ3n) is 3.38. The van der Waals surface area contributed by atoms with Gasteiger partial charge in [-0.1, -0.05) is 25.1 Å². The summed E-state index contributed by atoms with van der Waals surface area (Å²) in [4.78, 5) is 0.291. The molecule has 6 heteroatoms. The van der Waals surface area contributed by atoms with Crippen molar-refractivity contribution in [3.63, 3.8) is 0 Å². The van der Waals surface area contributed by atoms with Crippen molar-refractivity contribution in [2.75, 3.05) is 20.3 Å². The minimum absolute atomic E-state index is 0.0824. The summed E-state index contributed by atoms with van der Waals surface area (Å²) in [6.45, 7) is 4.78. The number of hydrogen-bond donors (Lipinski definition) is 1. The number of methoxy groups -OCH3 is 1. The lowest BCUT2D eigenvalue weighted by molar-refractivity contribution is 0.167. The summed E-state index contributed by atoms with van der Waals surface area (Å²) < 4.78 is 32.2. The van der Waals surface area contributed by atoms with Crippen LogP contribution in [0, 0.1) is 0 Å². The number of rotatable bonds is 8. The predicted octanol–water partition coefficient (Wildman–Crippen LogP) is 1.58. The molecule has 0 spiro atoms. The molecular weight excluding hydrogens is 276 g/mol. The smallest absolute Gasteiger partial charge is 0.243 e. The van der Waals surface area contributed by atoms with E-state index in [1.54, 1.807) is 31.4 Å².